The molecule has 10 heteroatoms. The zero-order valence-corrected chi connectivity index (χ0v) is 18.1. The van der Waals surface area contributed by atoms with Crippen LogP contribution in [0.2, 0.25) is 20.1 Å². The first-order valence-corrected chi connectivity index (χ1v) is 10.8. The van der Waals surface area contributed by atoms with Gasteiger partial charge in [0.15, 0.2) is 4.75 Å². The van der Waals surface area contributed by atoms with Crippen molar-refractivity contribution in [3.05, 3.63) is 91.4 Å². The Morgan fingerprint density at radius 2 is 1.28 bits per heavy atom. The first-order valence-electron chi connectivity index (χ1n) is 7.89. The number of phenols is 2. The van der Waals surface area contributed by atoms with Crippen molar-refractivity contribution in [3.63, 3.8) is 0 Å². The third-order valence-electron chi connectivity index (χ3n) is 4.39. The Labute approximate surface area is 186 Å². The Bertz CT molecular complexity index is 1210. The molecule has 0 saturated heterocycles. The van der Waals surface area contributed by atoms with Gasteiger partial charge < -0.3 is 10.2 Å². The number of hydrogen-bond donors (Lipinski definition) is 3. The van der Waals surface area contributed by atoms with Gasteiger partial charge in [0.05, 0.1) is 5.02 Å². The maximum absolute atomic E-state index is 13.0. The lowest BCUT2D eigenvalue weighted by Gasteiger charge is -2.34. The lowest BCUT2D eigenvalue weighted by atomic mass is 9.83. The van der Waals surface area contributed by atoms with E-state index in [1.54, 1.807) is 6.07 Å². The van der Waals surface area contributed by atoms with Gasteiger partial charge in [0.25, 0.3) is 10.1 Å². The summed E-state index contributed by atoms with van der Waals surface area (Å²) >= 11 is 24.8. The summed E-state index contributed by atoms with van der Waals surface area (Å²) in [6.07, 6.45) is 0. The molecule has 5 nitrogen and oxygen atoms in total. The minimum Gasteiger partial charge on any atom is -0.508 e. The summed E-state index contributed by atoms with van der Waals surface area (Å²) < 4.78 is 34.1. The first kappa shape index (κ1) is 22.0. The van der Waals surface area contributed by atoms with Crippen LogP contribution in [0.4, 0.5) is 0 Å². The predicted molar refractivity (Wildman–Crippen MR) is 114 cm³/mol. The SMILES string of the molecule is O=S(=O)(O)C(c1ccccc1Cl)(c1ccc(O)cc1Cl)c1cc(O)c(Cl)cc1Cl. The van der Waals surface area contributed by atoms with E-state index in [-0.39, 0.29) is 42.5 Å². The molecule has 3 N–H and O–H groups in total. The highest BCUT2D eigenvalue weighted by Gasteiger charge is 2.52. The first-order chi connectivity index (χ1) is 13.5. The van der Waals surface area contributed by atoms with Gasteiger partial charge in [-0.2, -0.15) is 8.42 Å². The van der Waals surface area contributed by atoms with Crippen molar-refractivity contribution < 1.29 is 23.2 Å². The molecular weight excluding hydrogens is 482 g/mol. The van der Waals surface area contributed by atoms with Gasteiger partial charge in [-0.05, 0) is 30.3 Å². The Kier molecular flexibility index (Phi) is 5.98. The van der Waals surface area contributed by atoms with Crippen molar-refractivity contribution >= 4 is 56.5 Å². The minimum absolute atomic E-state index is 0.0141. The predicted octanol–water partition coefficient (Wildman–Crippen LogP) is 5.89. The molecule has 3 aromatic rings. The monoisotopic (exact) mass is 492 g/mol. The molecule has 29 heavy (non-hydrogen) atoms. The van der Waals surface area contributed by atoms with Gasteiger partial charge in [0, 0.05) is 31.8 Å². The van der Waals surface area contributed by atoms with Crippen molar-refractivity contribution in [2.45, 2.75) is 4.75 Å². The van der Waals surface area contributed by atoms with Crippen LogP contribution >= 0.6 is 46.4 Å². The van der Waals surface area contributed by atoms with Crippen LogP contribution in [0.3, 0.4) is 0 Å². The average Bonchev–Trinajstić information content (AvgIpc) is 2.61. The molecule has 0 amide bonds. The van der Waals surface area contributed by atoms with E-state index in [4.69, 9.17) is 46.4 Å². The summed E-state index contributed by atoms with van der Waals surface area (Å²) in [6, 6.07) is 11.6. The fourth-order valence-electron chi connectivity index (χ4n) is 3.20. The molecule has 0 saturated carbocycles. The van der Waals surface area contributed by atoms with Crippen LogP contribution in [0.25, 0.3) is 0 Å². The Morgan fingerprint density at radius 1 is 0.690 bits per heavy atom. The molecule has 3 aromatic carbocycles. The second kappa shape index (κ2) is 7.87. The van der Waals surface area contributed by atoms with Crippen LogP contribution < -0.4 is 0 Å². The highest BCUT2D eigenvalue weighted by atomic mass is 35.5. The van der Waals surface area contributed by atoms with Crippen LogP contribution in [0.15, 0.2) is 54.6 Å². The Morgan fingerprint density at radius 3 is 1.86 bits per heavy atom. The largest absolute Gasteiger partial charge is 0.508 e. The number of halogens is 4. The molecule has 152 valence electrons. The number of hydrogen-bond acceptors (Lipinski definition) is 4. The topological polar surface area (TPSA) is 94.8 Å². The molecule has 3 rings (SSSR count). The second-order valence-corrected chi connectivity index (χ2v) is 9.28. The molecule has 0 fully saturated rings. The molecule has 1 atom stereocenters. The van der Waals surface area contributed by atoms with Gasteiger partial charge in [-0.25, -0.2) is 0 Å². The van der Waals surface area contributed by atoms with E-state index >= 15 is 0 Å². The Balaban J connectivity index is 2.63. The van der Waals surface area contributed by atoms with E-state index in [0.29, 0.717) is 0 Å². The van der Waals surface area contributed by atoms with Gasteiger partial charge in [0.2, 0.25) is 0 Å². The van der Waals surface area contributed by atoms with Crippen molar-refractivity contribution in [2.75, 3.05) is 0 Å². The van der Waals surface area contributed by atoms with Crippen molar-refractivity contribution in [1.82, 2.24) is 0 Å². The van der Waals surface area contributed by atoms with Gasteiger partial charge in [-0.15, -0.1) is 0 Å². The van der Waals surface area contributed by atoms with Crippen LogP contribution in [0.5, 0.6) is 11.5 Å². The maximum Gasteiger partial charge on any atom is 0.283 e. The quantitative estimate of drug-likeness (QED) is 0.311. The standard InChI is InChI=1S/C19H12Cl4O5S/c20-14-4-2-1-3-11(14)19(29(26,27)28,12-6-5-10(24)7-15(12)21)13-8-18(25)17(23)9-16(13)22/h1-9,24-25H,(H,26,27,28). The number of benzene rings is 3. The van der Waals surface area contributed by atoms with Gasteiger partial charge in [-0.1, -0.05) is 70.7 Å². The normalized spacial score (nSPS) is 13.8. The van der Waals surface area contributed by atoms with Gasteiger partial charge >= 0.3 is 0 Å². The number of aromatic hydroxyl groups is 2. The fraction of sp³-hybridized carbons (Fsp3) is 0.0526. The summed E-state index contributed by atoms with van der Waals surface area (Å²) in [6.45, 7) is 0. The molecule has 1 unspecified atom stereocenters. The highest BCUT2D eigenvalue weighted by molar-refractivity contribution is 7.87. The van der Waals surface area contributed by atoms with E-state index in [9.17, 15) is 23.2 Å². The summed E-state index contributed by atoms with van der Waals surface area (Å²) in [5.41, 5.74) is -0.444. The third-order valence-corrected chi connectivity index (χ3v) is 7.08. The fourth-order valence-corrected chi connectivity index (χ4v) is 5.84. The van der Waals surface area contributed by atoms with E-state index in [0.717, 1.165) is 18.2 Å². The van der Waals surface area contributed by atoms with Crippen molar-refractivity contribution in [1.29, 1.82) is 0 Å². The third kappa shape index (κ3) is 3.65. The summed E-state index contributed by atoms with van der Waals surface area (Å²) in [4.78, 5) is 0. The van der Waals surface area contributed by atoms with Crippen LogP contribution in [0, 0.1) is 0 Å². The maximum atomic E-state index is 13.0. The lowest BCUT2D eigenvalue weighted by Crippen LogP contribution is -2.39. The molecule has 0 bridgehead atoms. The Hall–Kier alpha value is -1.67. The van der Waals surface area contributed by atoms with E-state index < -0.39 is 20.6 Å². The highest BCUT2D eigenvalue weighted by Crippen LogP contribution is 2.52. The van der Waals surface area contributed by atoms with E-state index in [2.05, 4.69) is 0 Å². The zero-order valence-electron chi connectivity index (χ0n) is 14.3. The average molecular weight is 494 g/mol. The molecular formula is C19H12Cl4O5S. The van der Waals surface area contributed by atoms with Crippen LogP contribution in [-0.4, -0.2) is 23.2 Å². The van der Waals surface area contributed by atoms with E-state index in [1.165, 1.54) is 30.3 Å². The van der Waals surface area contributed by atoms with Crippen LogP contribution in [0.1, 0.15) is 16.7 Å². The summed E-state index contributed by atoms with van der Waals surface area (Å²) in [5, 5.41) is 19.4. The zero-order chi connectivity index (χ0) is 21.6. The molecule has 0 aliphatic rings. The molecule has 0 heterocycles. The van der Waals surface area contributed by atoms with Gasteiger partial charge in [-0.3, -0.25) is 4.55 Å². The molecule has 0 radical (unpaired) electrons. The van der Waals surface area contributed by atoms with E-state index in [1.807, 2.05) is 0 Å². The lowest BCUT2D eigenvalue weighted by molar-refractivity contribution is 0.455. The van der Waals surface area contributed by atoms with Crippen molar-refractivity contribution in [2.24, 2.45) is 0 Å². The number of phenolic OH excluding ortho intramolecular Hbond substituents is 2. The van der Waals surface area contributed by atoms with Crippen LogP contribution in [-0.2, 0) is 14.9 Å². The number of rotatable bonds is 4. The summed E-state index contributed by atoms with van der Waals surface area (Å²) in [5.74, 6) is -0.701. The second-order valence-electron chi connectivity index (χ2n) is 6.08. The molecule has 0 aliphatic carbocycles. The van der Waals surface area contributed by atoms with Crippen molar-refractivity contribution in [3.8, 4) is 11.5 Å². The molecule has 0 spiro atoms. The van der Waals surface area contributed by atoms with Gasteiger partial charge in [0.1, 0.15) is 11.5 Å². The minimum atomic E-state index is -5.08. The smallest absolute Gasteiger partial charge is 0.283 e. The molecule has 0 aromatic heterocycles. The molecule has 0 aliphatic heterocycles. The summed E-state index contributed by atoms with van der Waals surface area (Å²) in [7, 11) is -5.08.